The molecule has 0 bridgehead atoms. The highest BCUT2D eigenvalue weighted by atomic mass is 16.1. The summed E-state index contributed by atoms with van der Waals surface area (Å²) in [5.41, 5.74) is 0. The second kappa shape index (κ2) is 4.75. The third-order valence-corrected chi connectivity index (χ3v) is 3.20. The zero-order valence-corrected chi connectivity index (χ0v) is 9.05. The molecule has 1 fully saturated rings. The molecular formula is C11H21NO. The summed E-state index contributed by atoms with van der Waals surface area (Å²) < 4.78 is 0. The Morgan fingerprint density at radius 3 is 2.77 bits per heavy atom. The summed E-state index contributed by atoms with van der Waals surface area (Å²) in [4.78, 5) is 13.5. The highest BCUT2D eigenvalue weighted by Crippen LogP contribution is 2.22. The minimum absolute atomic E-state index is 0.445. The fourth-order valence-electron chi connectivity index (χ4n) is 2.12. The normalized spacial score (nSPS) is 25.5. The maximum Gasteiger partial charge on any atom is 0.134 e. The van der Waals surface area contributed by atoms with Gasteiger partial charge < -0.3 is 4.90 Å². The molecule has 2 atom stereocenters. The van der Waals surface area contributed by atoms with Crippen molar-refractivity contribution in [3.8, 4) is 0 Å². The zero-order chi connectivity index (χ0) is 9.84. The Morgan fingerprint density at radius 1 is 1.62 bits per heavy atom. The van der Waals surface area contributed by atoms with Gasteiger partial charge in [0, 0.05) is 24.9 Å². The van der Waals surface area contributed by atoms with Crippen LogP contribution < -0.4 is 0 Å². The van der Waals surface area contributed by atoms with Crippen molar-refractivity contribution in [1.29, 1.82) is 0 Å². The first-order valence-corrected chi connectivity index (χ1v) is 5.38. The van der Waals surface area contributed by atoms with E-state index in [1.54, 1.807) is 0 Å². The van der Waals surface area contributed by atoms with Gasteiger partial charge in [0.15, 0.2) is 0 Å². The van der Waals surface area contributed by atoms with Crippen LogP contribution in [-0.4, -0.2) is 29.8 Å². The second-order valence-corrected chi connectivity index (χ2v) is 4.24. The molecule has 0 N–H and O–H groups in total. The highest BCUT2D eigenvalue weighted by Gasteiger charge is 2.27. The van der Waals surface area contributed by atoms with Crippen LogP contribution in [-0.2, 0) is 4.79 Å². The molecule has 2 heteroatoms. The lowest BCUT2D eigenvalue weighted by molar-refractivity contribution is -0.117. The molecular weight excluding hydrogens is 162 g/mol. The van der Waals surface area contributed by atoms with Crippen LogP contribution in [0.3, 0.4) is 0 Å². The van der Waals surface area contributed by atoms with E-state index in [0.717, 1.165) is 19.3 Å². The molecule has 0 aromatic heterocycles. The van der Waals surface area contributed by atoms with Crippen molar-refractivity contribution in [1.82, 2.24) is 4.90 Å². The monoisotopic (exact) mass is 183 g/mol. The first-order valence-electron chi connectivity index (χ1n) is 5.38. The van der Waals surface area contributed by atoms with E-state index < -0.39 is 0 Å². The van der Waals surface area contributed by atoms with Gasteiger partial charge in [-0.3, -0.25) is 4.79 Å². The molecule has 2 unspecified atom stereocenters. The molecule has 0 aromatic carbocycles. The van der Waals surface area contributed by atoms with Gasteiger partial charge in [-0.05, 0) is 26.8 Å². The largest absolute Gasteiger partial charge is 0.300 e. The molecule has 1 saturated carbocycles. The Bertz CT molecular complexity index is 179. The summed E-state index contributed by atoms with van der Waals surface area (Å²) in [5.74, 6) is 0.445. The number of Topliss-reactive ketones (excluding diaryl/α,β-unsaturated/α-hetero) is 1. The van der Waals surface area contributed by atoms with Crippen molar-refractivity contribution < 1.29 is 4.79 Å². The lowest BCUT2D eigenvalue weighted by Gasteiger charge is -2.29. The number of carbonyl (C=O) groups excluding carboxylic acids is 1. The molecule has 0 radical (unpaired) electrons. The molecule has 1 aliphatic rings. The van der Waals surface area contributed by atoms with Gasteiger partial charge in [-0.15, -0.1) is 0 Å². The predicted octanol–water partition coefficient (Wildman–Crippen LogP) is 2.23. The number of hydrogen-bond acceptors (Lipinski definition) is 2. The standard InChI is InChI=1S/C11H21NO/c1-4-5-9(2)12(3)10-6-7-11(13)8-10/h9-10H,4-8H2,1-3H3. The van der Waals surface area contributed by atoms with Crippen LogP contribution in [0.2, 0.25) is 0 Å². The smallest absolute Gasteiger partial charge is 0.134 e. The van der Waals surface area contributed by atoms with Gasteiger partial charge in [-0.25, -0.2) is 0 Å². The number of nitrogens with zero attached hydrogens (tertiary/aromatic N) is 1. The fraction of sp³-hybridized carbons (Fsp3) is 0.909. The van der Waals surface area contributed by atoms with Crippen LogP contribution in [0.15, 0.2) is 0 Å². The predicted molar refractivity (Wildman–Crippen MR) is 54.8 cm³/mol. The SMILES string of the molecule is CCCC(C)N(C)C1CCC(=O)C1. The van der Waals surface area contributed by atoms with Crippen molar-refractivity contribution in [2.75, 3.05) is 7.05 Å². The summed E-state index contributed by atoms with van der Waals surface area (Å²) in [6, 6.07) is 1.15. The van der Waals surface area contributed by atoms with Gasteiger partial charge in [0.2, 0.25) is 0 Å². The molecule has 0 spiro atoms. The minimum atomic E-state index is 0.445. The van der Waals surface area contributed by atoms with Crippen LogP contribution in [0.5, 0.6) is 0 Å². The average molecular weight is 183 g/mol. The second-order valence-electron chi connectivity index (χ2n) is 4.24. The van der Waals surface area contributed by atoms with E-state index in [9.17, 15) is 4.79 Å². The summed E-state index contributed by atoms with van der Waals surface area (Å²) in [6.45, 7) is 4.47. The van der Waals surface area contributed by atoms with Crippen LogP contribution in [0.25, 0.3) is 0 Å². The van der Waals surface area contributed by atoms with Crippen LogP contribution in [0.1, 0.15) is 46.0 Å². The van der Waals surface area contributed by atoms with E-state index in [2.05, 4.69) is 25.8 Å². The summed E-state index contributed by atoms with van der Waals surface area (Å²) in [7, 11) is 2.16. The molecule has 1 rings (SSSR count). The van der Waals surface area contributed by atoms with Crippen LogP contribution in [0, 0.1) is 0 Å². The average Bonchev–Trinajstić information content (AvgIpc) is 2.51. The maximum absolute atomic E-state index is 11.1. The third kappa shape index (κ3) is 2.80. The van der Waals surface area contributed by atoms with Gasteiger partial charge in [0.1, 0.15) is 5.78 Å². The molecule has 13 heavy (non-hydrogen) atoms. The number of hydrogen-bond donors (Lipinski definition) is 0. The molecule has 76 valence electrons. The Kier molecular flexibility index (Phi) is 3.91. The fourth-order valence-corrected chi connectivity index (χ4v) is 2.12. The molecule has 0 aromatic rings. The molecule has 1 aliphatic carbocycles. The Morgan fingerprint density at radius 2 is 2.31 bits per heavy atom. The van der Waals surface area contributed by atoms with Crippen molar-refractivity contribution in [3.63, 3.8) is 0 Å². The van der Waals surface area contributed by atoms with E-state index in [-0.39, 0.29) is 0 Å². The number of rotatable bonds is 4. The van der Waals surface area contributed by atoms with Gasteiger partial charge in [-0.2, -0.15) is 0 Å². The van der Waals surface area contributed by atoms with Crippen LogP contribution in [0.4, 0.5) is 0 Å². The molecule has 0 amide bonds. The Balaban J connectivity index is 2.38. The van der Waals surface area contributed by atoms with Gasteiger partial charge in [0.05, 0.1) is 0 Å². The van der Waals surface area contributed by atoms with Crippen molar-refractivity contribution >= 4 is 5.78 Å². The zero-order valence-electron chi connectivity index (χ0n) is 9.05. The first kappa shape index (κ1) is 10.7. The lowest BCUT2D eigenvalue weighted by atomic mass is 10.1. The van der Waals surface area contributed by atoms with E-state index in [1.165, 1.54) is 12.8 Å². The van der Waals surface area contributed by atoms with Crippen molar-refractivity contribution in [2.45, 2.75) is 58.0 Å². The maximum atomic E-state index is 11.1. The van der Waals surface area contributed by atoms with Gasteiger partial charge in [0.25, 0.3) is 0 Å². The Labute approximate surface area is 81.3 Å². The van der Waals surface area contributed by atoms with E-state index in [0.29, 0.717) is 17.9 Å². The quantitative estimate of drug-likeness (QED) is 0.666. The molecule has 0 saturated heterocycles. The molecule has 0 heterocycles. The minimum Gasteiger partial charge on any atom is -0.300 e. The first-order chi connectivity index (χ1) is 6.15. The van der Waals surface area contributed by atoms with E-state index in [1.807, 2.05) is 0 Å². The summed E-state index contributed by atoms with van der Waals surface area (Å²) >= 11 is 0. The lowest BCUT2D eigenvalue weighted by Crippen LogP contribution is -2.37. The van der Waals surface area contributed by atoms with Crippen molar-refractivity contribution in [3.05, 3.63) is 0 Å². The highest BCUT2D eigenvalue weighted by molar-refractivity contribution is 5.81. The van der Waals surface area contributed by atoms with Gasteiger partial charge >= 0.3 is 0 Å². The number of ketones is 1. The third-order valence-electron chi connectivity index (χ3n) is 3.20. The molecule has 0 aliphatic heterocycles. The summed E-state index contributed by atoms with van der Waals surface area (Å²) in [6.07, 6.45) is 5.12. The van der Waals surface area contributed by atoms with E-state index in [4.69, 9.17) is 0 Å². The topological polar surface area (TPSA) is 20.3 Å². The number of carbonyl (C=O) groups is 1. The van der Waals surface area contributed by atoms with E-state index >= 15 is 0 Å². The van der Waals surface area contributed by atoms with Crippen LogP contribution >= 0.6 is 0 Å². The molecule has 2 nitrogen and oxygen atoms in total. The van der Waals surface area contributed by atoms with Crippen molar-refractivity contribution in [2.24, 2.45) is 0 Å². The summed E-state index contributed by atoms with van der Waals surface area (Å²) in [5, 5.41) is 0. The van der Waals surface area contributed by atoms with Gasteiger partial charge in [-0.1, -0.05) is 13.3 Å². The Hall–Kier alpha value is -0.370.